The number of halogens is 1. The lowest BCUT2D eigenvalue weighted by Gasteiger charge is -2.44. The van der Waals surface area contributed by atoms with Crippen LogP contribution in [0.1, 0.15) is 68.7 Å². The SMILES string of the molecule is CC(=O)N1[C@H](C)CN(c2cc(-n3cnc(Nc4ccc(C(=O)O)cc4)n3)ccn2)C[C@@H]1C.CCC.CCOC(=O)c1ccc(Nc2ncn(-c3ccnc(Cl)c3)n2)cc1. The molecule has 18 heteroatoms. The number of carboxylic acids is 1. The van der Waals surface area contributed by atoms with Crippen LogP contribution in [0.15, 0.2) is 97.8 Å². The molecule has 0 unspecified atom stereocenters. The number of hydrogen-bond donors (Lipinski definition) is 3. The van der Waals surface area contributed by atoms with E-state index in [0.717, 1.165) is 22.9 Å². The van der Waals surface area contributed by atoms with E-state index in [1.807, 2.05) is 30.9 Å². The monoisotopic (exact) mass is 822 g/mol. The third-order valence-electron chi connectivity index (χ3n) is 8.60. The van der Waals surface area contributed by atoms with Gasteiger partial charge in [0.1, 0.15) is 23.6 Å². The second-order valence-corrected chi connectivity index (χ2v) is 13.8. The average Bonchev–Trinajstić information content (AvgIpc) is 3.89. The van der Waals surface area contributed by atoms with Gasteiger partial charge in [0.25, 0.3) is 0 Å². The molecule has 0 radical (unpaired) electrons. The van der Waals surface area contributed by atoms with Crippen molar-refractivity contribution in [2.45, 2.75) is 60.0 Å². The molecule has 17 nitrogen and oxygen atoms in total. The second kappa shape index (κ2) is 20.5. The van der Waals surface area contributed by atoms with Crippen molar-refractivity contribution in [1.29, 1.82) is 0 Å². The minimum atomic E-state index is -0.973. The number of nitrogens with one attached hydrogen (secondary N) is 2. The van der Waals surface area contributed by atoms with Gasteiger partial charge in [0, 0.05) is 68.0 Å². The van der Waals surface area contributed by atoms with Crippen molar-refractivity contribution in [3.05, 3.63) is 114 Å². The Bertz CT molecular complexity index is 2300. The summed E-state index contributed by atoms with van der Waals surface area (Å²) in [6, 6.07) is 20.7. The molecule has 0 bridgehead atoms. The Morgan fingerprint density at radius 2 is 1.24 bits per heavy atom. The lowest BCUT2D eigenvalue weighted by Crippen LogP contribution is -2.58. The largest absolute Gasteiger partial charge is 0.478 e. The molecule has 2 aromatic carbocycles. The average molecular weight is 823 g/mol. The topological polar surface area (TPSA) is 198 Å². The first-order valence-electron chi connectivity index (χ1n) is 19.0. The summed E-state index contributed by atoms with van der Waals surface area (Å²) < 4.78 is 8.18. The van der Waals surface area contributed by atoms with Gasteiger partial charge >= 0.3 is 11.9 Å². The van der Waals surface area contributed by atoms with Crippen LogP contribution in [-0.2, 0) is 9.53 Å². The molecule has 1 aliphatic rings. The third-order valence-corrected chi connectivity index (χ3v) is 8.81. The van der Waals surface area contributed by atoms with Crippen molar-refractivity contribution in [2.24, 2.45) is 0 Å². The Hall–Kier alpha value is -6.88. The highest BCUT2D eigenvalue weighted by molar-refractivity contribution is 6.29. The van der Waals surface area contributed by atoms with Crippen LogP contribution in [0, 0.1) is 0 Å². The van der Waals surface area contributed by atoms with Crippen LogP contribution in [0.25, 0.3) is 11.4 Å². The highest BCUT2D eigenvalue weighted by atomic mass is 35.5. The summed E-state index contributed by atoms with van der Waals surface area (Å²) in [4.78, 5) is 55.5. The predicted octanol–water partition coefficient (Wildman–Crippen LogP) is 7.20. The molecule has 0 spiro atoms. The fraction of sp³-hybridized carbons (Fsp3) is 0.293. The summed E-state index contributed by atoms with van der Waals surface area (Å²) in [5.74, 6) is 0.404. The van der Waals surface area contributed by atoms with Crippen molar-refractivity contribution in [3.63, 3.8) is 0 Å². The number of pyridine rings is 2. The molecule has 3 N–H and O–H groups in total. The van der Waals surface area contributed by atoms with Crippen LogP contribution in [-0.4, -0.2) is 99.1 Å². The van der Waals surface area contributed by atoms with E-state index in [-0.39, 0.29) is 29.5 Å². The Balaban J connectivity index is 0.000000218. The van der Waals surface area contributed by atoms with Crippen LogP contribution in [0.4, 0.5) is 29.1 Å². The fourth-order valence-electron chi connectivity index (χ4n) is 6.14. The number of ether oxygens (including phenoxy) is 1. The zero-order valence-corrected chi connectivity index (χ0v) is 34.4. The number of amides is 1. The van der Waals surface area contributed by atoms with Gasteiger partial charge in [0.15, 0.2) is 0 Å². The van der Waals surface area contributed by atoms with Crippen LogP contribution >= 0.6 is 11.6 Å². The summed E-state index contributed by atoms with van der Waals surface area (Å²) >= 11 is 5.87. The van der Waals surface area contributed by atoms with Gasteiger partial charge in [-0.15, -0.1) is 10.2 Å². The number of esters is 1. The van der Waals surface area contributed by atoms with Crippen molar-refractivity contribution in [3.8, 4) is 11.4 Å². The van der Waals surface area contributed by atoms with E-state index in [2.05, 4.69) is 59.5 Å². The standard InChI is InChI=1S/C22H25N7O3.C16H14ClN5O2.C3H8/c1-14-11-27(12-15(2)29(14)16(3)30)20-10-19(8-9-23-20)28-13-24-22(26-28)25-18-6-4-17(5-7-18)21(31)32;1-2-24-15(23)11-3-5-12(6-4-11)20-16-19-10-22(21-16)13-7-8-18-14(17)9-13;1-3-2/h4-10,13-15H,11-12H2,1-3H3,(H,25,26)(H,31,32);3-10H,2H2,1H3,(H,20,21);3H2,1-2H3/t14-,15+;;. The number of anilines is 5. The maximum absolute atomic E-state index is 11.9. The van der Waals surface area contributed by atoms with Gasteiger partial charge < -0.3 is 30.3 Å². The number of aromatic nitrogens is 8. The number of carbonyl (C=O) groups is 3. The molecule has 1 fully saturated rings. The van der Waals surface area contributed by atoms with E-state index >= 15 is 0 Å². The molecule has 1 aliphatic heterocycles. The quantitative estimate of drug-likeness (QED) is 0.0926. The fourth-order valence-corrected chi connectivity index (χ4v) is 6.30. The first-order valence-corrected chi connectivity index (χ1v) is 19.4. The minimum absolute atomic E-state index is 0.0894. The number of piperazine rings is 1. The highest BCUT2D eigenvalue weighted by Gasteiger charge is 2.31. The van der Waals surface area contributed by atoms with E-state index < -0.39 is 5.97 Å². The second-order valence-electron chi connectivity index (χ2n) is 13.4. The number of carbonyl (C=O) groups excluding carboxylic acids is 2. The Labute approximate surface area is 347 Å². The van der Waals surface area contributed by atoms with Crippen molar-refractivity contribution < 1.29 is 24.2 Å². The molecule has 1 amide bonds. The van der Waals surface area contributed by atoms with E-state index in [4.69, 9.17) is 21.4 Å². The van der Waals surface area contributed by atoms with Gasteiger partial charge in [0.05, 0.1) is 29.1 Å². The smallest absolute Gasteiger partial charge is 0.338 e. The summed E-state index contributed by atoms with van der Waals surface area (Å²) in [6.07, 6.45) is 7.75. The van der Waals surface area contributed by atoms with Gasteiger partial charge in [-0.1, -0.05) is 31.9 Å². The summed E-state index contributed by atoms with van der Waals surface area (Å²) in [5, 5.41) is 24.3. The molecular weight excluding hydrogens is 776 g/mol. The molecular formula is C41H47ClN12O5. The van der Waals surface area contributed by atoms with Crippen LogP contribution < -0.4 is 15.5 Å². The van der Waals surface area contributed by atoms with E-state index in [0.29, 0.717) is 48.0 Å². The number of rotatable bonds is 10. The van der Waals surface area contributed by atoms with Gasteiger partial charge in [-0.2, -0.15) is 9.97 Å². The first kappa shape index (κ1) is 43.2. The summed E-state index contributed by atoms with van der Waals surface area (Å²) in [5.41, 5.74) is 3.72. The highest BCUT2D eigenvalue weighted by Crippen LogP contribution is 2.24. The lowest BCUT2D eigenvalue weighted by molar-refractivity contribution is -0.133. The maximum Gasteiger partial charge on any atom is 0.338 e. The van der Waals surface area contributed by atoms with E-state index in [9.17, 15) is 14.4 Å². The maximum atomic E-state index is 11.9. The molecule has 6 aromatic rings. The summed E-state index contributed by atoms with van der Waals surface area (Å²) in [6.45, 7) is 13.5. The Kier molecular flexibility index (Phi) is 15.0. The normalized spacial score (nSPS) is 14.6. The minimum Gasteiger partial charge on any atom is -0.478 e. The van der Waals surface area contributed by atoms with Crippen molar-refractivity contribution >= 4 is 58.5 Å². The lowest BCUT2D eigenvalue weighted by atomic mass is 10.1. The van der Waals surface area contributed by atoms with Gasteiger partial charge in [-0.05, 0) is 81.4 Å². The van der Waals surface area contributed by atoms with Gasteiger partial charge in [-0.25, -0.2) is 28.9 Å². The molecule has 59 heavy (non-hydrogen) atoms. The molecule has 5 heterocycles. The third kappa shape index (κ3) is 11.8. The van der Waals surface area contributed by atoms with Gasteiger partial charge in [-0.3, -0.25) is 4.79 Å². The number of nitrogens with zero attached hydrogens (tertiary/aromatic N) is 10. The molecule has 308 valence electrons. The van der Waals surface area contributed by atoms with Gasteiger partial charge in [0.2, 0.25) is 17.8 Å². The number of carboxylic acid groups (broad SMARTS) is 1. The molecule has 2 atom stereocenters. The van der Waals surface area contributed by atoms with Crippen LogP contribution in [0.5, 0.6) is 0 Å². The van der Waals surface area contributed by atoms with Crippen LogP contribution in [0.2, 0.25) is 5.15 Å². The molecule has 7 rings (SSSR count). The Morgan fingerprint density at radius 3 is 1.71 bits per heavy atom. The van der Waals surface area contributed by atoms with Crippen molar-refractivity contribution in [1.82, 2.24) is 44.4 Å². The Morgan fingerprint density at radius 1 is 0.746 bits per heavy atom. The number of hydrogen-bond acceptors (Lipinski definition) is 13. The predicted molar refractivity (Wildman–Crippen MR) is 225 cm³/mol. The van der Waals surface area contributed by atoms with E-state index in [1.54, 1.807) is 96.8 Å². The molecule has 0 aliphatic carbocycles. The summed E-state index contributed by atoms with van der Waals surface area (Å²) in [7, 11) is 0. The van der Waals surface area contributed by atoms with Crippen molar-refractivity contribution in [2.75, 3.05) is 35.2 Å². The molecule has 0 saturated carbocycles. The van der Waals surface area contributed by atoms with E-state index in [1.165, 1.54) is 18.6 Å². The zero-order valence-electron chi connectivity index (χ0n) is 33.7. The first-order chi connectivity index (χ1) is 28.4. The molecule has 1 saturated heterocycles. The van der Waals surface area contributed by atoms with Crippen LogP contribution in [0.3, 0.4) is 0 Å². The number of benzene rings is 2. The number of aromatic carboxylic acids is 1. The zero-order chi connectivity index (χ0) is 42.5. The molecule has 4 aromatic heterocycles.